The minimum absolute atomic E-state index is 0.223. The lowest BCUT2D eigenvalue weighted by Gasteiger charge is -2.40. The maximum atomic E-state index is 14.2. The second-order valence-electron chi connectivity index (χ2n) is 8.56. The van der Waals surface area contributed by atoms with Crippen molar-refractivity contribution < 1.29 is 13.9 Å². The Bertz CT molecular complexity index is 1020. The molecule has 0 bridgehead atoms. The van der Waals surface area contributed by atoms with Gasteiger partial charge >= 0.3 is 0 Å². The molecule has 0 saturated heterocycles. The average Bonchev–Trinajstić information content (AvgIpc) is 3.01. The van der Waals surface area contributed by atoms with Crippen molar-refractivity contribution >= 4 is 22.6 Å². The van der Waals surface area contributed by atoms with Crippen LogP contribution in [-0.4, -0.2) is 20.3 Å². The highest BCUT2D eigenvalue weighted by Crippen LogP contribution is 2.43. The molecule has 1 aliphatic rings. The molecule has 1 aromatic heterocycles. The van der Waals surface area contributed by atoms with E-state index in [1.54, 1.807) is 26.0 Å². The van der Waals surface area contributed by atoms with Gasteiger partial charge in [-0.1, -0.05) is 30.9 Å². The summed E-state index contributed by atoms with van der Waals surface area (Å²) in [5.74, 6) is -1.04. The van der Waals surface area contributed by atoms with Gasteiger partial charge in [-0.3, -0.25) is 0 Å². The van der Waals surface area contributed by atoms with Gasteiger partial charge in [-0.25, -0.2) is 13.8 Å². The second kappa shape index (κ2) is 7.69. The quantitative estimate of drug-likeness (QED) is 0.523. The summed E-state index contributed by atoms with van der Waals surface area (Å²) < 4.78 is 30.1. The first-order chi connectivity index (χ1) is 13.8. The predicted molar refractivity (Wildman–Crippen MR) is 112 cm³/mol. The van der Waals surface area contributed by atoms with Gasteiger partial charge in [0.25, 0.3) is 0 Å². The molecule has 1 unspecified atom stereocenters. The van der Waals surface area contributed by atoms with E-state index in [0.717, 1.165) is 37.3 Å². The number of benzene rings is 2. The van der Waals surface area contributed by atoms with Crippen molar-refractivity contribution in [2.45, 2.75) is 57.6 Å². The molecule has 1 atom stereocenters. The minimum atomic E-state index is -1.07. The minimum Gasteiger partial charge on any atom is -0.388 e. The Kier molecular flexibility index (Phi) is 5.38. The zero-order valence-electron chi connectivity index (χ0n) is 16.6. The van der Waals surface area contributed by atoms with Crippen molar-refractivity contribution in [3.8, 4) is 11.4 Å². The fraction of sp³-hybridized carbons (Fsp3) is 0.435. The fourth-order valence-corrected chi connectivity index (χ4v) is 4.85. The molecular formula is C23H25ClF2N2O. The highest BCUT2D eigenvalue weighted by atomic mass is 35.5. The number of rotatable bonds is 4. The number of hydrogen-bond donors (Lipinski definition) is 1. The molecule has 4 rings (SSSR count). The third kappa shape index (κ3) is 3.90. The van der Waals surface area contributed by atoms with Gasteiger partial charge in [0.05, 0.1) is 22.7 Å². The lowest BCUT2D eigenvalue weighted by molar-refractivity contribution is -0.00871. The molecule has 1 aliphatic carbocycles. The topological polar surface area (TPSA) is 38.0 Å². The fourth-order valence-electron chi connectivity index (χ4n) is 4.73. The van der Waals surface area contributed by atoms with Crippen LogP contribution >= 0.6 is 11.6 Å². The van der Waals surface area contributed by atoms with E-state index < -0.39 is 17.2 Å². The van der Waals surface area contributed by atoms with Gasteiger partial charge in [-0.05, 0) is 56.9 Å². The molecule has 0 amide bonds. The molecule has 0 aliphatic heterocycles. The molecule has 3 nitrogen and oxygen atoms in total. The van der Waals surface area contributed by atoms with E-state index in [4.69, 9.17) is 11.6 Å². The van der Waals surface area contributed by atoms with E-state index in [-0.39, 0.29) is 12.0 Å². The van der Waals surface area contributed by atoms with Crippen molar-refractivity contribution in [3.63, 3.8) is 0 Å². The number of halogens is 3. The molecule has 154 valence electrons. The van der Waals surface area contributed by atoms with E-state index in [1.165, 1.54) is 12.5 Å². The van der Waals surface area contributed by atoms with Crippen molar-refractivity contribution in [2.24, 2.45) is 5.92 Å². The molecule has 0 spiro atoms. The zero-order chi connectivity index (χ0) is 20.8. The number of fused-ring (bicyclic) bond motifs is 1. The van der Waals surface area contributed by atoms with Crippen LogP contribution in [0, 0.1) is 17.6 Å². The Balaban J connectivity index is 1.99. The Morgan fingerprint density at radius 2 is 1.69 bits per heavy atom. The molecule has 0 radical (unpaired) electrons. The van der Waals surface area contributed by atoms with Crippen molar-refractivity contribution in [2.75, 3.05) is 0 Å². The number of aromatic nitrogens is 2. The van der Waals surface area contributed by atoms with Gasteiger partial charge < -0.3 is 9.67 Å². The number of aliphatic hydroxyl groups is 1. The van der Waals surface area contributed by atoms with Gasteiger partial charge in [0.2, 0.25) is 0 Å². The molecule has 1 fully saturated rings. The van der Waals surface area contributed by atoms with Gasteiger partial charge in [0.1, 0.15) is 5.82 Å². The van der Waals surface area contributed by atoms with Crippen molar-refractivity contribution in [1.82, 2.24) is 9.55 Å². The summed E-state index contributed by atoms with van der Waals surface area (Å²) in [6.45, 7) is 3.56. The molecule has 6 heteroatoms. The van der Waals surface area contributed by atoms with E-state index in [2.05, 4.69) is 4.98 Å². The van der Waals surface area contributed by atoms with Gasteiger partial charge in [0.15, 0.2) is 11.6 Å². The van der Waals surface area contributed by atoms with Crippen molar-refractivity contribution in [3.05, 3.63) is 53.1 Å². The Hall–Kier alpha value is -1.98. The molecule has 1 N–H and O–H groups in total. The van der Waals surface area contributed by atoms with Crippen LogP contribution in [-0.2, 0) is 0 Å². The third-order valence-corrected chi connectivity index (χ3v) is 6.18. The Labute approximate surface area is 174 Å². The number of imidazole rings is 1. The first kappa shape index (κ1) is 20.3. The predicted octanol–water partition coefficient (Wildman–Crippen LogP) is 6.53. The highest BCUT2D eigenvalue weighted by molar-refractivity contribution is 6.30. The van der Waals surface area contributed by atoms with Gasteiger partial charge in [-0.2, -0.15) is 0 Å². The zero-order valence-corrected chi connectivity index (χ0v) is 17.4. The van der Waals surface area contributed by atoms with Crippen molar-refractivity contribution in [1.29, 1.82) is 0 Å². The maximum absolute atomic E-state index is 14.2. The monoisotopic (exact) mass is 418 g/mol. The number of hydrogen-bond acceptors (Lipinski definition) is 2. The summed E-state index contributed by atoms with van der Waals surface area (Å²) in [5.41, 5.74) is 0.587. The van der Waals surface area contributed by atoms with Crippen LogP contribution in [0.15, 0.2) is 36.4 Å². The standard InChI is InChI=1S/C23H25ClF2N2O/c1-23(2,29)21(14-6-4-3-5-7-14)28-20-13-18(26)17(25)12-19(20)27-22(28)15-8-10-16(24)11-9-15/h8-14,21,29H,3-7H2,1-2H3. The summed E-state index contributed by atoms with van der Waals surface area (Å²) >= 11 is 6.05. The van der Waals surface area contributed by atoms with Gasteiger partial charge in [-0.15, -0.1) is 0 Å². The summed E-state index contributed by atoms with van der Waals surface area (Å²) in [6.07, 6.45) is 5.35. The summed E-state index contributed by atoms with van der Waals surface area (Å²) in [5, 5.41) is 11.8. The third-order valence-electron chi connectivity index (χ3n) is 5.93. The largest absolute Gasteiger partial charge is 0.388 e. The maximum Gasteiger partial charge on any atom is 0.161 e. The van der Waals surface area contributed by atoms with Crippen LogP contribution in [0.1, 0.15) is 52.0 Å². The molecule has 1 heterocycles. The smallest absolute Gasteiger partial charge is 0.161 e. The second-order valence-corrected chi connectivity index (χ2v) is 9.00. The molecular weight excluding hydrogens is 394 g/mol. The first-order valence-electron chi connectivity index (χ1n) is 10.1. The molecule has 1 saturated carbocycles. The number of nitrogens with zero attached hydrogens (tertiary/aromatic N) is 2. The SMILES string of the molecule is CC(C)(O)C(C1CCCCC1)n1c(-c2ccc(Cl)cc2)nc2cc(F)c(F)cc21. The van der Waals surface area contributed by atoms with E-state index in [1.807, 2.05) is 16.7 Å². The Morgan fingerprint density at radius 1 is 1.07 bits per heavy atom. The summed E-state index contributed by atoms with van der Waals surface area (Å²) in [6, 6.07) is 9.22. The van der Waals surface area contributed by atoms with Gasteiger partial charge in [0, 0.05) is 22.7 Å². The van der Waals surface area contributed by atoms with Crippen LogP contribution in [0.25, 0.3) is 22.4 Å². The normalized spacial score (nSPS) is 17.0. The summed E-state index contributed by atoms with van der Waals surface area (Å²) in [4.78, 5) is 4.65. The average molecular weight is 419 g/mol. The van der Waals surface area contributed by atoms with Crippen LogP contribution < -0.4 is 0 Å². The lowest BCUT2D eigenvalue weighted by Crippen LogP contribution is -2.39. The lowest BCUT2D eigenvalue weighted by atomic mass is 9.77. The van der Waals surface area contributed by atoms with Crippen LogP contribution in [0.2, 0.25) is 5.02 Å². The molecule has 29 heavy (non-hydrogen) atoms. The van der Waals surface area contributed by atoms with Crippen LogP contribution in [0.3, 0.4) is 0 Å². The van der Waals surface area contributed by atoms with E-state index in [9.17, 15) is 13.9 Å². The molecule has 2 aromatic carbocycles. The summed E-state index contributed by atoms with van der Waals surface area (Å²) in [7, 11) is 0. The van der Waals surface area contributed by atoms with E-state index in [0.29, 0.717) is 21.9 Å². The van der Waals surface area contributed by atoms with Crippen LogP contribution in [0.5, 0.6) is 0 Å². The van der Waals surface area contributed by atoms with E-state index >= 15 is 0 Å². The molecule has 3 aromatic rings. The first-order valence-corrected chi connectivity index (χ1v) is 10.5. The Morgan fingerprint density at radius 3 is 2.31 bits per heavy atom. The van der Waals surface area contributed by atoms with Crippen LogP contribution in [0.4, 0.5) is 8.78 Å². The highest BCUT2D eigenvalue weighted by Gasteiger charge is 2.38.